The number of carbonyl (C=O) groups is 2. The Morgan fingerprint density at radius 1 is 1.09 bits per heavy atom. The van der Waals surface area contributed by atoms with Crippen molar-refractivity contribution in [1.82, 2.24) is 10.6 Å². The molecular formula is C18H28N2O3. The molecule has 1 aromatic carbocycles. The predicted octanol–water partition coefficient (Wildman–Crippen LogP) is 2.50. The average Bonchev–Trinajstić information content (AvgIpc) is 2.52. The summed E-state index contributed by atoms with van der Waals surface area (Å²) in [5.74, 6) is 0.757. The Labute approximate surface area is 138 Å². The molecule has 0 aliphatic carbocycles. The topological polar surface area (TPSA) is 67.4 Å². The summed E-state index contributed by atoms with van der Waals surface area (Å²) in [5.41, 5.74) is -0.140. The van der Waals surface area contributed by atoms with Crippen molar-refractivity contribution in [3.63, 3.8) is 0 Å². The molecule has 1 rings (SSSR count). The van der Waals surface area contributed by atoms with Crippen LogP contribution >= 0.6 is 0 Å². The summed E-state index contributed by atoms with van der Waals surface area (Å²) < 4.78 is 5.09. The van der Waals surface area contributed by atoms with Gasteiger partial charge in [-0.05, 0) is 43.9 Å². The van der Waals surface area contributed by atoms with Gasteiger partial charge in [0.2, 0.25) is 11.8 Å². The lowest BCUT2D eigenvalue weighted by Gasteiger charge is -2.23. The maximum absolute atomic E-state index is 12.3. The van der Waals surface area contributed by atoms with Crippen molar-refractivity contribution in [3.8, 4) is 5.75 Å². The van der Waals surface area contributed by atoms with Crippen LogP contribution in [0.4, 0.5) is 0 Å². The first-order valence-electron chi connectivity index (χ1n) is 7.97. The summed E-state index contributed by atoms with van der Waals surface area (Å²) in [7, 11) is 1.61. The first-order valence-corrected chi connectivity index (χ1v) is 7.97. The van der Waals surface area contributed by atoms with Gasteiger partial charge in [0.05, 0.1) is 7.11 Å². The molecule has 0 saturated carbocycles. The molecule has 0 aliphatic rings. The highest BCUT2D eigenvalue weighted by molar-refractivity contribution is 6.04. The molecule has 2 amide bonds. The number of amides is 2. The monoisotopic (exact) mass is 320 g/mol. The summed E-state index contributed by atoms with van der Waals surface area (Å²) in [5, 5.41) is 5.65. The maximum atomic E-state index is 12.3. The van der Waals surface area contributed by atoms with Crippen molar-refractivity contribution in [1.29, 1.82) is 0 Å². The van der Waals surface area contributed by atoms with E-state index in [0.717, 1.165) is 17.7 Å². The Morgan fingerprint density at radius 3 is 2.17 bits per heavy atom. The quantitative estimate of drug-likeness (QED) is 0.723. The first-order chi connectivity index (χ1) is 10.8. The van der Waals surface area contributed by atoms with Crippen LogP contribution in [0.25, 0.3) is 0 Å². The van der Waals surface area contributed by atoms with Crippen LogP contribution < -0.4 is 15.4 Å². The highest BCUT2D eigenvalue weighted by Gasteiger charge is 2.35. The summed E-state index contributed by atoms with van der Waals surface area (Å²) >= 11 is 0. The predicted molar refractivity (Wildman–Crippen MR) is 91.1 cm³/mol. The second-order valence-corrected chi connectivity index (χ2v) is 6.59. The number of nitrogens with one attached hydrogen (secondary N) is 2. The fourth-order valence-electron chi connectivity index (χ4n) is 1.95. The highest BCUT2D eigenvalue weighted by Crippen LogP contribution is 2.17. The van der Waals surface area contributed by atoms with Gasteiger partial charge in [-0.15, -0.1) is 0 Å². The van der Waals surface area contributed by atoms with Crippen molar-refractivity contribution in [3.05, 3.63) is 29.8 Å². The van der Waals surface area contributed by atoms with E-state index in [1.807, 2.05) is 24.3 Å². The van der Waals surface area contributed by atoms with Crippen LogP contribution in [-0.2, 0) is 16.1 Å². The Kier molecular flexibility index (Phi) is 7.07. The standard InChI is InChI=1S/C18H28N2O3/c1-13(2)10-11-19-16(21)18(3,4)17(22)20-12-14-6-8-15(23-5)9-7-14/h6-9,13H,10-12H2,1-5H3,(H,19,21)(H,20,22). The number of hydrogen-bond acceptors (Lipinski definition) is 3. The van der Waals surface area contributed by atoms with Crippen LogP contribution in [0, 0.1) is 11.3 Å². The van der Waals surface area contributed by atoms with Gasteiger partial charge in [-0.1, -0.05) is 26.0 Å². The number of ether oxygens (including phenoxy) is 1. The second-order valence-electron chi connectivity index (χ2n) is 6.59. The van der Waals surface area contributed by atoms with Gasteiger partial charge in [-0.25, -0.2) is 0 Å². The van der Waals surface area contributed by atoms with Crippen LogP contribution in [0.2, 0.25) is 0 Å². The minimum atomic E-state index is -1.09. The van der Waals surface area contributed by atoms with Crippen molar-refractivity contribution >= 4 is 11.8 Å². The van der Waals surface area contributed by atoms with E-state index in [-0.39, 0.29) is 11.8 Å². The Hall–Kier alpha value is -2.04. The van der Waals surface area contributed by atoms with Crippen molar-refractivity contribution in [2.45, 2.75) is 40.7 Å². The fraction of sp³-hybridized carbons (Fsp3) is 0.556. The molecule has 128 valence electrons. The normalized spacial score (nSPS) is 11.2. The molecule has 0 aromatic heterocycles. The van der Waals surface area contributed by atoms with E-state index in [0.29, 0.717) is 19.0 Å². The maximum Gasteiger partial charge on any atom is 0.235 e. The van der Waals surface area contributed by atoms with E-state index in [2.05, 4.69) is 24.5 Å². The van der Waals surface area contributed by atoms with Gasteiger partial charge in [0.15, 0.2) is 0 Å². The second kappa shape index (κ2) is 8.56. The van der Waals surface area contributed by atoms with Crippen molar-refractivity contribution in [2.24, 2.45) is 11.3 Å². The third-order valence-corrected chi connectivity index (χ3v) is 3.75. The molecule has 0 radical (unpaired) electrons. The summed E-state index contributed by atoms with van der Waals surface area (Å²) in [6.45, 7) is 8.44. The van der Waals surface area contributed by atoms with Gasteiger partial charge in [-0.2, -0.15) is 0 Å². The Bertz CT molecular complexity index is 522. The Balaban J connectivity index is 2.51. The van der Waals surface area contributed by atoms with Gasteiger partial charge >= 0.3 is 0 Å². The summed E-state index contributed by atoms with van der Waals surface area (Å²) in [6, 6.07) is 7.44. The highest BCUT2D eigenvalue weighted by atomic mass is 16.5. The lowest BCUT2D eigenvalue weighted by molar-refractivity contribution is -0.141. The molecule has 2 N–H and O–H groups in total. The van der Waals surface area contributed by atoms with Crippen LogP contribution in [0.3, 0.4) is 0 Å². The molecule has 5 nitrogen and oxygen atoms in total. The third kappa shape index (κ3) is 5.93. The van der Waals surface area contributed by atoms with Crippen LogP contribution in [-0.4, -0.2) is 25.5 Å². The molecule has 0 saturated heterocycles. The lowest BCUT2D eigenvalue weighted by atomic mass is 9.90. The largest absolute Gasteiger partial charge is 0.497 e. The third-order valence-electron chi connectivity index (χ3n) is 3.75. The SMILES string of the molecule is COc1ccc(CNC(=O)C(C)(C)C(=O)NCCC(C)C)cc1. The molecule has 0 aliphatic heterocycles. The summed E-state index contributed by atoms with van der Waals surface area (Å²) in [6.07, 6.45) is 0.898. The number of carbonyl (C=O) groups excluding carboxylic acids is 2. The van der Waals surface area contributed by atoms with Crippen molar-refractivity contribution in [2.75, 3.05) is 13.7 Å². The molecule has 0 atom stereocenters. The molecule has 0 unspecified atom stereocenters. The zero-order valence-electron chi connectivity index (χ0n) is 14.7. The van der Waals surface area contributed by atoms with E-state index in [1.165, 1.54) is 0 Å². The smallest absolute Gasteiger partial charge is 0.235 e. The molecule has 1 aromatic rings. The Morgan fingerprint density at radius 2 is 1.65 bits per heavy atom. The molecule has 0 bridgehead atoms. The van der Waals surface area contributed by atoms with Gasteiger partial charge in [-0.3, -0.25) is 9.59 Å². The van der Waals surface area contributed by atoms with Crippen LogP contribution in [0.5, 0.6) is 5.75 Å². The molecule has 0 fully saturated rings. The number of rotatable bonds is 8. The van der Waals surface area contributed by atoms with E-state index in [4.69, 9.17) is 4.74 Å². The molecule has 0 spiro atoms. The summed E-state index contributed by atoms with van der Waals surface area (Å²) in [4.78, 5) is 24.5. The lowest BCUT2D eigenvalue weighted by Crippen LogP contribution is -2.47. The minimum absolute atomic E-state index is 0.245. The van der Waals surface area contributed by atoms with Crippen LogP contribution in [0.1, 0.15) is 39.7 Å². The zero-order valence-corrected chi connectivity index (χ0v) is 14.7. The van der Waals surface area contributed by atoms with E-state index in [1.54, 1.807) is 21.0 Å². The van der Waals surface area contributed by atoms with Gasteiger partial charge in [0, 0.05) is 13.1 Å². The molecule has 0 heterocycles. The van der Waals surface area contributed by atoms with E-state index >= 15 is 0 Å². The van der Waals surface area contributed by atoms with Gasteiger partial charge < -0.3 is 15.4 Å². The number of methoxy groups -OCH3 is 1. The number of benzene rings is 1. The molecule has 23 heavy (non-hydrogen) atoms. The fourth-order valence-corrected chi connectivity index (χ4v) is 1.95. The van der Waals surface area contributed by atoms with Gasteiger partial charge in [0.1, 0.15) is 11.2 Å². The van der Waals surface area contributed by atoms with Gasteiger partial charge in [0.25, 0.3) is 0 Å². The number of hydrogen-bond donors (Lipinski definition) is 2. The van der Waals surface area contributed by atoms with E-state index < -0.39 is 5.41 Å². The van der Waals surface area contributed by atoms with Crippen LogP contribution in [0.15, 0.2) is 24.3 Å². The average molecular weight is 320 g/mol. The van der Waals surface area contributed by atoms with E-state index in [9.17, 15) is 9.59 Å². The zero-order chi connectivity index (χ0) is 17.5. The minimum Gasteiger partial charge on any atom is -0.497 e. The molecular weight excluding hydrogens is 292 g/mol. The van der Waals surface area contributed by atoms with Crippen molar-refractivity contribution < 1.29 is 14.3 Å². The first kappa shape index (κ1) is 19.0. The molecule has 5 heteroatoms.